The minimum atomic E-state index is 0.0571. The zero-order chi connectivity index (χ0) is 17.9. The molecule has 0 aromatic heterocycles. The van der Waals surface area contributed by atoms with Crippen LogP contribution in [0.25, 0.3) is 0 Å². The maximum Gasteiger partial charge on any atom is 0.225 e. The second-order valence-electron chi connectivity index (χ2n) is 5.88. The molecule has 3 N–H and O–H groups in total. The number of ether oxygens (including phenoxy) is 2. The van der Waals surface area contributed by atoms with E-state index in [2.05, 4.69) is 27.0 Å². The third kappa shape index (κ3) is 6.36. The molecule has 1 aromatic carbocycles. The first kappa shape index (κ1) is 19.2. The van der Waals surface area contributed by atoms with Crippen LogP contribution in [-0.2, 0) is 14.3 Å². The highest BCUT2D eigenvalue weighted by atomic mass is 16.5. The van der Waals surface area contributed by atoms with Gasteiger partial charge in [0.1, 0.15) is 0 Å². The molecule has 0 spiro atoms. The molecule has 0 radical (unpaired) electrons. The van der Waals surface area contributed by atoms with Crippen LogP contribution in [0.15, 0.2) is 29.3 Å². The van der Waals surface area contributed by atoms with Gasteiger partial charge < -0.3 is 25.4 Å². The molecular weight excluding hydrogens is 320 g/mol. The van der Waals surface area contributed by atoms with Gasteiger partial charge in [0.25, 0.3) is 0 Å². The number of amides is 1. The van der Waals surface area contributed by atoms with Gasteiger partial charge in [0, 0.05) is 51.9 Å². The summed E-state index contributed by atoms with van der Waals surface area (Å²) in [6.07, 6.45) is 1.37. The zero-order valence-corrected chi connectivity index (χ0v) is 15.0. The maximum absolute atomic E-state index is 11.9. The van der Waals surface area contributed by atoms with Gasteiger partial charge in [0.05, 0.1) is 13.2 Å². The van der Waals surface area contributed by atoms with Crippen LogP contribution in [0, 0.1) is 0 Å². The van der Waals surface area contributed by atoms with Gasteiger partial charge in [-0.1, -0.05) is 18.2 Å². The first-order valence-electron chi connectivity index (χ1n) is 8.64. The number of para-hydroxylation sites is 1. The Morgan fingerprint density at radius 3 is 2.92 bits per heavy atom. The fraction of sp³-hybridized carbons (Fsp3) is 0.556. The van der Waals surface area contributed by atoms with Gasteiger partial charge in [-0.15, -0.1) is 0 Å². The molecular formula is C18H28N4O3. The second kappa shape index (κ2) is 10.7. The third-order valence-corrected chi connectivity index (χ3v) is 4.04. The van der Waals surface area contributed by atoms with Crippen molar-refractivity contribution in [3.05, 3.63) is 29.8 Å². The maximum atomic E-state index is 11.9. The average Bonchev–Trinajstić information content (AvgIpc) is 2.63. The smallest absolute Gasteiger partial charge is 0.225 e. The number of anilines is 1. The Morgan fingerprint density at radius 1 is 1.28 bits per heavy atom. The molecule has 0 bridgehead atoms. The van der Waals surface area contributed by atoms with Gasteiger partial charge in [0.15, 0.2) is 5.96 Å². The number of carbonyl (C=O) groups is 1. The average molecular weight is 348 g/mol. The Morgan fingerprint density at radius 2 is 2.12 bits per heavy atom. The van der Waals surface area contributed by atoms with E-state index >= 15 is 0 Å². The number of carbonyl (C=O) groups excluding carboxylic acids is 1. The van der Waals surface area contributed by atoms with E-state index < -0.39 is 0 Å². The van der Waals surface area contributed by atoms with Crippen LogP contribution in [0.1, 0.15) is 24.3 Å². The van der Waals surface area contributed by atoms with Crippen LogP contribution in [0.5, 0.6) is 0 Å². The molecule has 2 rings (SSSR count). The van der Waals surface area contributed by atoms with Gasteiger partial charge in [-0.2, -0.15) is 0 Å². The predicted molar refractivity (Wildman–Crippen MR) is 99.1 cm³/mol. The van der Waals surface area contributed by atoms with Gasteiger partial charge in [-0.25, -0.2) is 0 Å². The number of hydrogen-bond acceptors (Lipinski definition) is 4. The van der Waals surface area contributed by atoms with Crippen molar-refractivity contribution in [1.82, 2.24) is 10.6 Å². The van der Waals surface area contributed by atoms with E-state index in [1.54, 1.807) is 14.2 Å². The molecule has 138 valence electrons. The van der Waals surface area contributed by atoms with Gasteiger partial charge in [-0.3, -0.25) is 9.79 Å². The SMILES string of the molecule is CN=C(NCCCOCCOC)NCC1CC(=O)Nc2ccccc21. The number of nitrogens with one attached hydrogen (secondary N) is 3. The van der Waals surface area contributed by atoms with E-state index in [4.69, 9.17) is 9.47 Å². The van der Waals surface area contributed by atoms with Gasteiger partial charge >= 0.3 is 0 Å². The highest BCUT2D eigenvalue weighted by molar-refractivity contribution is 5.94. The summed E-state index contributed by atoms with van der Waals surface area (Å²) >= 11 is 0. The zero-order valence-electron chi connectivity index (χ0n) is 15.0. The topological polar surface area (TPSA) is 84.0 Å². The van der Waals surface area contributed by atoms with E-state index in [1.165, 1.54) is 0 Å². The molecule has 1 heterocycles. The number of hydrogen-bond donors (Lipinski definition) is 3. The van der Waals surface area contributed by atoms with Crippen molar-refractivity contribution in [2.24, 2.45) is 4.99 Å². The predicted octanol–water partition coefficient (Wildman–Crippen LogP) is 1.33. The van der Waals surface area contributed by atoms with E-state index in [0.29, 0.717) is 32.8 Å². The standard InChI is InChI=1S/C18H28N4O3/c1-19-18(20-8-5-9-25-11-10-24-2)21-13-14-12-17(23)22-16-7-4-3-6-15(14)16/h3-4,6-7,14H,5,8-13H2,1-2H3,(H,22,23)(H2,19,20,21). The number of guanidine groups is 1. The first-order valence-corrected chi connectivity index (χ1v) is 8.64. The van der Waals surface area contributed by atoms with E-state index in [-0.39, 0.29) is 11.8 Å². The Hall–Kier alpha value is -2.12. The molecule has 0 fully saturated rings. The largest absolute Gasteiger partial charge is 0.382 e. The molecule has 1 aliphatic rings. The van der Waals surface area contributed by atoms with Crippen LogP contribution in [0.4, 0.5) is 5.69 Å². The second-order valence-corrected chi connectivity index (χ2v) is 5.88. The highest BCUT2D eigenvalue weighted by Gasteiger charge is 2.24. The summed E-state index contributed by atoms with van der Waals surface area (Å²) < 4.78 is 10.4. The molecule has 1 unspecified atom stereocenters. The third-order valence-electron chi connectivity index (χ3n) is 4.04. The summed E-state index contributed by atoms with van der Waals surface area (Å²) in [4.78, 5) is 16.1. The summed E-state index contributed by atoms with van der Waals surface area (Å²) in [5, 5.41) is 9.49. The molecule has 0 aliphatic carbocycles. The molecule has 0 saturated carbocycles. The van der Waals surface area contributed by atoms with Crippen LogP contribution >= 0.6 is 0 Å². The van der Waals surface area contributed by atoms with E-state index in [1.807, 2.05) is 18.2 Å². The normalized spacial score (nSPS) is 17.0. The fourth-order valence-corrected chi connectivity index (χ4v) is 2.75. The fourth-order valence-electron chi connectivity index (χ4n) is 2.75. The van der Waals surface area contributed by atoms with Crippen LogP contribution in [0.2, 0.25) is 0 Å². The minimum Gasteiger partial charge on any atom is -0.382 e. The van der Waals surface area contributed by atoms with Crippen molar-refractivity contribution in [1.29, 1.82) is 0 Å². The lowest BCUT2D eigenvalue weighted by molar-refractivity contribution is -0.116. The summed E-state index contributed by atoms with van der Waals surface area (Å²) in [5.74, 6) is 0.933. The minimum absolute atomic E-state index is 0.0571. The van der Waals surface area contributed by atoms with Gasteiger partial charge in [0.2, 0.25) is 5.91 Å². The van der Waals surface area contributed by atoms with Crippen molar-refractivity contribution in [2.75, 3.05) is 52.4 Å². The van der Waals surface area contributed by atoms with Gasteiger partial charge in [-0.05, 0) is 18.1 Å². The molecule has 25 heavy (non-hydrogen) atoms. The van der Waals surface area contributed by atoms with Crippen molar-refractivity contribution in [3.8, 4) is 0 Å². The quantitative estimate of drug-likeness (QED) is 0.356. The lowest BCUT2D eigenvalue weighted by atomic mass is 9.90. The number of rotatable bonds is 9. The summed E-state index contributed by atoms with van der Waals surface area (Å²) in [7, 11) is 3.40. The molecule has 1 aromatic rings. The monoisotopic (exact) mass is 348 g/mol. The van der Waals surface area contributed by atoms with Crippen LogP contribution < -0.4 is 16.0 Å². The molecule has 1 amide bonds. The lowest BCUT2D eigenvalue weighted by Crippen LogP contribution is -2.41. The molecule has 7 heteroatoms. The number of benzene rings is 1. The molecule has 1 aliphatic heterocycles. The summed E-state index contributed by atoms with van der Waals surface area (Å²) in [5.41, 5.74) is 2.07. The molecule has 7 nitrogen and oxygen atoms in total. The van der Waals surface area contributed by atoms with Crippen molar-refractivity contribution in [2.45, 2.75) is 18.8 Å². The Balaban J connectivity index is 1.73. The van der Waals surface area contributed by atoms with Crippen LogP contribution in [-0.4, -0.2) is 58.9 Å². The lowest BCUT2D eigenvalue weighted by Gasteiger charge is -2.26. The van der Waals surface area contributed by atoms with E-state index in [0.717, 1.165) is 30.2 Å². The van der Waals surface area contributed by atoms with Crippen LogP contribution in [0.3, 0.4) is 0 Å². The number of nitrogens with zero attached hydrogens (tertiary/aromatic N) is 1. The van der Waals surface area contributed by atoms with Crippen molar-refractivity contribution < 1.29 is 14.3 Å². The Bertz CT molecular complexity index is 577. The number of fused-ring (bicyclic) bond motifs is 1. The Kier molecular flexibility index (Phi) is 8.21. The van der Waals surface area contributed by atoms with Crippen molar-refractivity contribution >= 4 is 17.6 Å². The number of aliphatic imine (C=N–C) groups is 1. The Labute approximate surface area is 149 Å². The summed E-state index contributed by atoms with van der Waals surface area (Å²) in [6, 6.07) is 7.94. The summed E-state index contributed by atoms with van der Waals surface area (Å²) in [6.45, 7) is 3.35. The van der Waals surface area contributed by atoms with Crippen molar-refractivity contribution in [3.63, 3.8) is 0 Å². The highest BCUT2D eigenvalue weighted by Crippen LogP contribution is 2.31. The number of methoxy groups -OCH3 is 1. The van der Waals surface area contributed by atoms with E-state index in [9.17, 15) is 4.79 Å². The molecule has 1 atom stereocenters. The molecule has 0 saturated heterocycles. The first-order chi connectivity index (χ1) is 12.2.